The number of hydrogen-bond acceptors (Lipinski definition) is 3. The fourth-order valence-electron chi connectivity index (χ4n) is 1.65. The summed E-state index contributed by atoms with van der Waals surface area (Å²) in [5, 5.41) is 4.33. The van der Waals surface area contributed by atoms with Crippen LogP contribution in [0.25, 0.3) is 0 Å². The minimum absolute atomic E-state index is 0.639. The molecule has 0 aliphatic carbocycles. The molecule has 92 valence electrons. The molecule has 0 aliphatic heterocycles. The van der Waals surface area contributed by atoms with E-state index in [-0.39, 0.29) is 0 Å². The third-order valence-corrected chi connectivity index (χ3v) is 2.67. The Morgan fingerprint density at radius 3 is 2.75 bits per heavy atom. The second-order valence-electron chi connectivity index (χ2n) is 3.86. The standard InChI is InChI=1S/C11H20ClN3O/c1-10-8-11(14(2)13-10)9-15(5-4-12)6-7-16-3/h8H,4-7,9H2,1-3H3. The van der Waals surface area contributed by atoms with Gasteiger partial charge in [0, 0.05) is 39.7 Å². The maximum Gasteiger partial charge on any atom is 0.0597 e. The maximum atomic E-state index is 5.78. The summed E-state index contributed by atoms with van der Waals surface area (Å²) in [5.41, 5.74) is 2.26. The quantitative estimate of drug-likeness (QED) is 0.681. The molecule has 0 radical (unpaired) electrons. The van der Waals surface area contributed by atoms with Gasteiger partial charge in [0.15, 0.2) is 0 Å². The van der Waals surface area contributed by atoms with Gasteiger partial charge in [0.05, 0.1) is 18.0 Å². The number of aryl methyl sites for hydroxylation is 2. The maximum absolute atomic E-state index is 5.78. The van der Waals surface area contributed by atoms with E-state index >= 15 is 0 Å². The predicted octanol–water partition coefficient (Wildman–Crippen LogP) is 1.42. The van der Waals surface area contributed by atoms with Gasteiger partial charge in [0.2, 0.25) is 0 Å². The first-order valence-corrected chi connectivity index (χ1v) is 5.97. The minimum atomic E-state index is 0.639. The zero-order chi connectivity index (χ0) is 12.0. The van der Waals surface area contributed by atoms with Crippen molar-refractivity contribution in [3.63, 3.8) is 0 Å². The van der Waals surface area contributed by atoms with Gasteiger partial charge in [-0.3, -0.25) is 9.58 Å². The van der Waals surface area contributed by atoms with Gasteiger partial charge in [-0.15, -0.1) is 11.6 Å². The van der Waals surface area contributed by atoms with Gasteiger partial charge in [0.1, 0.15) is 0 Å². The smallest absolute Gasteiger partial charge is 0.0597 e. The number of hydrogen-bond donors (Lipinski definition) is 0. The molecule has 0 fully saturated rings. The summed E-state index contributed by atoms with van der Waals surface area (Å²) in [4.78, 5) is 2.27. The van der Waals surface area contributed by atoms with Crippen molar-refractivity contribution in [3.8, 4) is 0 Å². The molecule has 5 heteroatoms. The summed E-state index contributed by atoms with van der Waals surface area (Å²) in [5.74, 6) is 0.639. The Morgan fingerprint density at radius 2 is 2.25 bits per heavy atom. The number of ether oxygens (including phenoxy) is 1. The molecule has 1 aromatic rings. The second-order valence-corrected chi connectivity index (χ2v) is 4.24. The van der Waals surface area contributed by atoms with E-state index in [1.54, 1.807) is 7.11 Å². The van der Waals surface area contributed by atoms with Crippen LogP contribution >= 0.6 is 11.6 Å². The molecule has 0 unspecified atom stereocenters. The van der Waals surface area contributed by atoms with Crippen LogP contribution in [0.2, 0.25) is 0 Å². The average Bonchev–Trinajstić information content (AvgIpc) is 2.54. The zero-order valence-electron chi connectivity index (χ0n) is 10.2. The van der Waals surface area contributed by atoms with E-state index in [0.717, 1.165) is 31.9 Å². The summed E-state index contributed by atoms with van der Waals surface area (Å²) in [6.45, 7) is 5.37. The highest BCUT2D eigenvalue weighted by atomic mass is 35.5. The molecular formula is C11H20ClN3O. The first-order chi connectivity index (χ1) is 7.67. The molecule has 1 heterocycles. The number of nitrogens with zero attached hydrogens (tertiary/aromatic N) is 3. The highest BCUT2D eigenvalue weighted by Gasteiger charge is 2.08. The summed E-state index contributed by atoms with van der Waals surface area (Å²) in [7, 11) is 3.69. The van der Waals surface area contributed by atoms with Crippen molar-refractivity contribution >= 4 is 11.6 Å². The lowest BCUT2D eigenvalue weighted by atomic mass is 10.3. The third kappa shape index (κ3) is 4.12. The van der Waals surface area contributed by atoms with Crippen LogP contribution in [0.15, 0.2) is 6.07 Å². The van der Waals surface area contributed by atoms with Crippen LogP contribution in [0.5, 0.6) is 0 Å². The molecule has 0 N–H and O–H groups in total. The van der Waals surface area contributed by atoms with E-state index < -0.39 is 0 Å². The Hall–Kier alpha value is -0.580. The first kappa shape index (κ1) is 13.5. The van der Waals surface area contributed by atoms with Crippen LogP contribution in [0.3, 0.4) is 0 Å². The highest BCUT2D eigenvalue weighted by molar-refractivity contribution is 6.18. The molecule has 0 aromatic carbocycles. The number of rotatable bonds is 7. The Kier molecular flexibility index (Phi) is 5.80. The SMILES string of the molecule is COCCN(CCCl)Cc1cc(C)nn1C. The lowest BCUT2D eigenvalue weighted by Crippen LogP contribution is -2.29. The van der Waals surface area contributed by atoms with Gasteiger partial charge < -0.3 is 4.74 Å². The van der Waals surface area contributed by atoms with Crippen LogP contribution < -0.4 is 0 Å². The van der Waals surface area contributed by atoms with E-state index in [1.165, 1.54) is 5.69 Å². The summed E-state index contributed by atoms with van der Waals surface area (Å²) in [6, 6.07) is 2.11. The monoisotopic (exact) mass is 245 g/mol. The third-order valence-electron chi connectivity index (χ3n) is 2.50. The van der Waals surface area contributed by atoms with Crippen molar-refractivity contribution in [2.24, 2.45) is 7.05 Å². The molecule has 4 nitrogen and oxygen atoms in total. The van der Waals surface area contributed by atoms with Gasteiger partial charge >= 0.3 is 0 Å². The summed E-state index contributed by atoms with van der Waals surface area (Å²) < 4.78 is 7.00. The van der Waals surface area contributed by atoms with Crippen molar-refractivity contribution in [1.82, 2.24) is 14.7 Å². The Labute approximate surface area is 102 Å². The van der Waals surface area contributed by atoms with E-state index in [4.69, 9.17) is 16.3 Å². The van der Waals surface area contributed by atoms with Crippen LogP contribution in [0.4, 0.5) is 0 Å². The van der Waals surface area contributed by atoms with E-state index in [9.17, 15) is 0 Å². The largest absolute Gasteiger partial charge is 0.383 e. The zero-order valence-corrected chi connectivity index (χ0v) is 11.0. The Balaban J connectivity index is 2.56. The van der Waals surface area contributed by atoms with Gasteiger partial charge in [0.25, 0.3) is 0 Å². The van der Waals surface area contributed by atoms with Crippen molar-refractivity contribution in [2.75, 3.05) is 32.7 Å². The number of methoxy groups -OCH3 is 1. The molecule has 0 bridgehead atoms. The van der Waals surface area contributed by atoms with Crippen LogP contribution in [0, 0.1) is 6.92 Å². The van der Waals surface area contributed by atoms with Crippen LogP contribution in [0.1, 0.15) is 11.4 Å². The lowest BCUT2D eigenvalue weighted by molar-refractivity contribution is 0.146. The molecule has 1 rings (SSSR count). The molecule has 0 atom stereocenters. The van der Waals surface area contributed by atoms with Gasteiger partial charge in [-0.05, 0) is 13.0 Å². The van der Waals surface area contributed by atoms with E-state index in [1.807, 2.05) is 18.7 Å². The topological polar surface area (TPSA) is 30.3 Å². The first-order valence-electron chi connectivity index (χ1n) is 5.44. The van der Waals surface area contributed by atoms with Gasteiger partial charge in [-0.2, -0.15) is 5.10 Å². The van der Waals surface area contributed by atoms with Crippen molar-refractivity contribution in [3.05, 3.63) is 17.5 Å². The Morgan fingerprint density at radius 1 is 1.50 bits per heavy atom. The average molecular weight is 246 g/mol. The molecule has 0 saturated carbocycles. The van der Waals surface area contributed by atoms with Crippen molar-refractivity contribution < 1.29 is 4.74 Å². The highest BCUT2D eigenvalue weighted by Crippen LogP contribution is 2.06. The van der Waals surface area contributed by atoms with Gasteiger partial charge in [-0.25, -0.2) is 0 Å². The van der Waals surface area contributed by atoms with E-state index in [2.05, 4.69) is 16.1 Å². The van der Waals surface area contributed by atoms with Crippen molar-refractivity contribution in [1.29, 1.82) is 0 Å². The molecule has 0 aliphatic rings. The molecule has 16 heavy (non-hydrogen) atoms. The van der Waals surface area contributed by atoms with Crippen LogP contribution in [-0.2, 0) is 18.3 Å². The van der Waals surface area contributed by atoms with Crippen molar-refractivity contribution in [2.45, 2.75) is 13.5 Å². The number of alkyl halides is 1. The second kappa shape index (κ2) is 6.89. The molecule has 0 saturated heterocycles. The summed E-state index contributed by atoms with van der Waals surface area (Å²) in [6.07, 6.45) is 0. The van der Waals surface area contributed by atoms with E-state index in [0.29, 0.717) is 5.88 Å². The lowest BCUT2D eigenvalue weighted by Gasteiger charge is -2.20. The minimum Gasteiger partial charge on any atom is -0.383 e. The fourth-order valence-corrected chi connectivity index (χ4v) is 1.89. The molecular weight excluding hydrogens is 226 g/mol. The Bertz CT molecular complexity index is 314. The normalized spacial score (nSPS) is 11.3. The molecule has 1 aromatic heterocycles. The summed E-state index contributed by atoms with van der Waals surface area (Å²) >= 11 is 5.78. The number of halogens is 1. The molecule has 0 amide bonds. The van der Waals surface area contributed by atoms with Gasteiger partial charge in [-0.1, -0.05) is 0 Å². The number of aromatic nitrogens is 2. The molecule has 0 spiro atoms. The predicted molar refractivity (Wildman–Crippen MR) is 65.8 cm³/mol. The van der Waals surface area contributed by atoms with Crippen LogP contribution in [-0.4, -0.2) is 47.4 Å². The fraction of sp³-hybridized carbons (Fsp3) is 0.727.